The van der Waals surface area contributed by atoms with Gasteiger partial charge in [-0.05, 0) is 47.4 Å². The lowest BCUT2D eigenvalue weighted by Gasteiger charge is -2.31. The Labute approximate surface area is 171 Å². The number of nitrogens with one attached hydrogen (secondary N) is 1. The molecule has 1 N–H and O–H groups in total. The number of nitrogens with zero attached hydrogens (tertiary/aromatic N) is 1. The van der Waals surface area contributed by atoms with Gasteiger partial charge in [-0.15, -0.1) is 0 Å². The first-order valence-corrected chi connectivity index (χ1v) is 11.3. The fourth-order valence-electron chi connectivity index (χ4n) is 3.80. The highest BCUT2D eigenvalue weighted by molar-refractivity contribution is 7.89. The Morgan fingerprint density at radius 1 is 0.966 bits per heavy atom. The van der Waals surface area contributed by atoms with Gasteiger partial charge >= 0.3 is 0 Å². The SMILES string of the molecule is O=C(NCc1ccc2ccccc2c1)[C@@H]1CCCN(S(=O)(=O)c2ccccc2)C1. The standard InChI is InChI=1S/C23H24N2O3S/c26-23(24-16-18-12-13-19-7-4-5-8-20(19)15-18)21-9-6-14-25(17-21)29(27,28)22-10-2-1-3-11-22/h1-5,7-8,10-13,15,21H,6,9,14,16-17H2,(H,24,26)/t21-/m1/s1. The van der Waals surface area contributed by atoms with E-state index in [1.165, 1.54) is 4.31 Å². The third-order valence-electron chi connectivity index (χ3n) is 5.42. The highest BCUT2D eigenvalue weighted by atomic mass is 32.2. The minimum Gasteiger partial charge on any atom is -0.352 e. The molecule has 150 valence electrons. The molecule has 5 nitrogen and oxygen atoms in total. The van der Waals surface area contributed by atoms with Crippen molar-refractivity contribution >= 4 is 26.7 Å². The van der Waals surface area contributed by atoms with Crippen LogP contribution in [0.2, 0.25) is 0 Å². The van der Waals surface area contributed by atoms with E-state index in [4.69, 9.17) is 0 Å². The molecule has 3 aromatic carbocycles. The molecule has 0 aliphatic carbocycles. The van der Waals surface area contributed by atoms with Crippen molar-refractivity contribution in [3.8, 4) is 0 Å². The second-order valence-corrected chi connectivity index (χ2v) is 9.35. The van der Waals surface area contributed by atoms with Gasteiger partial charge in [-0.2, -0.15) is 4.31 Å². The van der Waals surface area contributed by atoms with Gasteiger partial charge in [-0.3, -0.25) is 4.79 Å². The Morgan fingerprint density at radius 3 is 2.48 bits per heavy atom. The summed E-state index contributed by atoms with van der Waals surface area (Å²) in [4.78, 5) is 13.0. The van der Waals surface area contributed by atoms with E-state index in [1.807, 2.05) is 30.3 Å². The molecule has 1 aliphatic heterocycles. The van der Waals surface area contributed by atoms with Crippen LogP contribution in [0.25, 0.3) is 10.8 Å². The van der Waals surface area contributed by atoms with Crippen molar-refractivity contribution in [1.82, 2.24) is 9.62 Å². The van der Waals surface area contributed by atoms with Gasteiger partial charge in [0.15, 0.2) is 0 Å². The Bertz CT molecular complexity index is 1110. The third-order valence-corrected chi connectivity index (χ3v) is 7.30. The van der Waals surface area contributed by atoms with Crippen LogP contribution >= 0.6 is 0 Å². The number of benzene rings is 3. The maximum absolute atomic E-state index is 12.9. The lowest BCUT2D eigenvalue weighted by Crippen LogP contribution is -2.45. The summed E-state index contributed by atoms with van der Waals surface area (Å²) in [7, 11) is -3.57. The van der Waals surface area contributed by atoms with Gasteiger partial charge in [0.05, 0.1) is 10.8 Å². The van der Waals surface area contributed by atoms with Crippen molar-refractivity contribution in [2.24, 2.45) is 5.92 Å². The number of fused-ring (bicyclic) bond motifs is 1. The van der Waals surface area contributed by atoms with Gasteiger partial charge in [-0.1, -0.05) is 54.6 Å². The average molecular weight is 409 g/mol. The van der Waals surface area contributed by atoms with Crippen molar-refractivity contribution < 1.29 is 13.2 Å². The highest BCUT2D eigenvalue weighted by Gasteiger charge is 2.33. The number of sulfonamides is 1. The quantitative estimate of drug-likeness (QED) is 0.702. The largest absolute Gasteiger partial charge is 0.352 e. The van der Waals surface area contributed by atoms with Crippen molar-refractivity contribution in [3.63, 3.8) is 0 Å². The first kappa shape index (κ1) is 19.6. The van der Waals surface area contributed by atoms with Gasteiger partial charge in [0.25, 0.3) is 0 Å². The van der Waals surface area contributed by atoms with Crippen LogP contribution in [0, 0.1) is 5.92 Å². The molecule has 3 aromatic rings. The van der Waals surface area contributed by atoms with Gasteiger partial charge < -0.3 is 5.32 Å². The van der Waals surface area contributed by atoms with Crippen LogP contribution in [-0.2, 0) is 21.4 Å². The lowest BCUT2D eigenvalue weighted by atomic mass is 9.98. The number of hydrogen-bond acceptors (Lipinski definition) is 3. The van der Waals surface area contributed by atoms with Crippen molar-refractivity contribution in [2.75, 3.05) is 13.1 Å². The zero-order valence-corrected chi connectivity index (χ0v) is 16.9. The summed E-state index contributed by atoms with van der Waals surface area (Å²) in [6, 6.07) is 22.6. The van der Waals surface area contributed by atoms with E-state index < -0.39 is 10.0 Å². The Kier molecular flexibility index (Phi) is 5.65. The van der Waals surface area contributed by atoms with E-state index in [9.17, 15) is 13.2 Å². The first-order chi connectivity index (χ1) is 14.0. The van der Waals surface area contributed by atoms with Gasteiger partial charge in [-0.25, -0.2) is 8.42 Å². The summed E-state index contributed by atoms with van der Waals surface area (Å²) >= 11 is 0. The second kappa shape index (κ2) is 8.35. The summed E-state index contributed by atoms with van der Waals surface area (Å²) in [5, 5.41) is 5.28. The zero-order valence-electron chi connectivity index (χ0n) is 16.1. The van der Waals surface area contributed by atoms with Gasteiger partial charge in [0, 0.05) is 19.6 Å². The molecule has 1 heterocycles. The molecule has 6 heteroatoms. The average Bonchev–Trinajstić information content (AvgIpc) is 2.78. The first-order valence-electron chi connectivity index (χ1n) is 9.84. The lowest BCUT2D eigenvalue weighted by molar-refractivity contribution is -0.126. The van der Waals surface area contributed by atoms with Crippen LogP contribution in [0.5, 0.6) is 0 Å². The maximum Gasteiger partial charge on any atom is 0.243 e. The summed E-state index contributed by atoms with van der Waals surface area (Å²) in [5.41, 5.74) is 1.03. The van der Waals surface area contributed by atoms with E-state index in [1.54, 1.807) is 30.3 Å². The Hall–Kier alpha value is -2.70. The van der Waals surface area contributed by atoms with E-state index in [0.717, 1.165) is 16.3 Å². The van der Waals surface area contributed by atoms with Crippen LogP contribution in [0.1, 0.15) is 18.4 Å². The molecular formula is C23H24N2O3S. The molecule has 1 fully saturated rings. The molecule has 1 aliphatic rings. The maximum atomic E-state index is 12.9. The normalized spacial score (nSPS) is 17.9. The van der Waals surface area contributed by atoms with Crippen LogP contribution in [-0.4, -0.2) is 31.7 Å². The third kappa shape index (κ3) is 4.33. The number of carbonyl (C=O) groups is 1. The summed E-state index contributed by atoms with van der Waals surface area (Å²) in [6.45, 7) is 1.11. The predicted molar refractivity (Wildman–Crippen MR) is 114 cm³/mol. The monoisotopic (exact) mass is 408 g/mol. The van der Waals surface area contributed by atoms with Crippen molar-refractivity contribution in [1.29, 1.82) is 0 Å². The van der Waals surface area contributed by atoms with Crippen molar-refractivity contribution in [3.05, 3.63) is 78.4 Å². The van der Waals surface area contributed by atoms with E-state index >= 15 is 0 Å². The van der Waals surface area contributed by atoms with Crippen LogP contribution < -0.4 is 5.32 Å². The topological polar surface area (TPSA) is 66.5 Å². The Morgan fingerprint density at radius 2 is 1.69 bits per heavy atom. The fraction of sp³-hybridized carbons (Fsp3) is 0.261. The number of amides is 1. The molecule has 1 saturated heterocycles. The number of piperidine rings is 1. The molecule has 29 heavy (non-hydrogen) atoms. The van der Waals surface area contributed by atoms with Gasteiger partial charge in [0.1, 0.15) is 0 Å². The molecule has 0 unspecified atom stereocenters. The number of carbonyl (C=O) groups excluding carboxylic acids is 1. The van der Waals surface area contributed by atoms with E-state index in [2.05, 4.69) is 17.4 Å². The van der Waals surface area contributed by atoms with Crippen LogP contribution in [0.15, 0.2) is 77.7 Å². The molecule has 0 aromatic heterocycles. The molecule has 0 spiro atoms. The van der Waals surface area contributed by atoms with Crippen LogP contribution in [0.4, 0.5) is 0 Å². The van der Waals surface area contributed by atoms with Gasteiger partial charge in [0.2, 0.25) is 15.9 Å². The molecule has 0 saturated carbocycles. The second-order valence-electron chi connectivity index (χ2n) is 7.41. The summed E-state index contributed by atoms with van der Waals surface area (Å²) in [6.07, 6.45) is 1.38. The molecule has 1 atom stereocenters. The molecule has 1 amide bonds. The number of rotatable bonds is 5. The van der Waals surface area contributed by atoms with E-state index in [0.29, 0.717) is 25.9 Å². The predicted octanol–water partition coefficient (Wildman–Crippen LogP) is 3.56. The molecular weight excluding hydrogens is 384 g/mol. The molecule has 4 rings (SSSR count). The minimum atomic E-state index is -3.57. The van der Waals surface area contributed by atoms with Crippen LogP contribution in [0.3, 0.4) is 0 Å². The smallest absolute Gasteiger partial charge is 0.243 e. The summed E-state index contributed by atoms with van der Waals surface area (Å²) < 4.78 is 27.1. The van der Waals surface area contributed by atoms with Crippen molar-refractivity contribution in [2.45, 2.75) is 24.3 Å². The highest BCUT2D eigenvalue weighted by Crippen LogP contribution is 2.24. The zero-order chi connectivity index (χ0) is 20.3. The number of hydrogen-bond donors (Lipinski definition) is 1. The fourth-order valence-corrected chi connectivity index (χ4v) is 5.34. The minimum absolute atomic E-state index is 0.0916. The summed E-state index contributed by atoms with van der Waals surface area (Å²) in [5.74, 6) is -0.422. The molecule has 0 bridgehead atoms. The Balaban J connectivity index is 1.40. The van der Waals surface area contributed by atoms with E-state index in [-0.39, 0.29) is 23.3 Å². The molecule has 0 radical (unpaired) electrons.